The highest BCUT2D eigenvalue weighted by Crippen LogP contribution is 2.26. The Kier molecular flexibility index (Phi) is 3.83. The lowest BCUT2D eigenvalue weighted by Gasteiger charge is -2.27. The Hall–Kier alpha value is -1.79. The molecule has 0 aromatic rings. The molecule has 0 saturated carbocycles. The van der Waals surface area contributed by atoms with Crippen LogP contribution in [0.2, 0.25) is 0 Å². The van der Waals surface area contributed by atoms with Crippen LogP contribution in [0.4, 0.5) is 4.79 Å². The maximum absolute atomic E-state index is 11.8. The van der Waals surface area contributed by atoms with Gasteiger partial charge in [0.25, 0.3) is 0 Å². The molecule has 1 rings (SSSR count). The molecule has 0 aliphatic carbocycles. The van der Waals surface area contributed by atoms with Gasteiger partial charge >= 0.3 is 18.0 Å². The van der Waals surface area contributed by atoms with Crippen LogP contribution in [-0.2, 0) is 14.3 Å². The largest absolute Gasteiger partial charge is 0.480 e. The molecule has 0 aromatic carbocycles. The fourth-order valence-electron chi connectivity index (χ4n) is 1.92. The maximum atomic E-state index is 11.8. The van der Waals surface area contributed by atoms with E-state index in [0.29, 0.717) is 4.90 Å². The quantitative estimate of drug-likeness (QED) is 0.715. The smallest absolute Gasteiger partial charge is 0.408 e. The molecule has 0 aromatic heterocycles. The molecule has 1 amide bonds. The molecular weight excluding hydrogens is 242 g/mol. The Balaban J connectivity index is 2.86. The molecule has 0 bridgehead atoms. The summed E-state index contributed by atoms with van der Waals surface area (Å²) in [5.41, 5.74) is -0.734. The number of hydrogen-bond donors (Lipinski definition) is 2. The fraction of sp³-hybridized carbons (Fsp3) is 0.727. The summed E-state index contributed by atoms with van der Waals surface area (Å²) in [6, 6.07) is -2.22. The van der Waals surface area contributed by atoms with E-state index < -0.39 is 35.7 Å². The second-order valence-electron chi connectivity index (χ2n) is 5.17. The molecule has 2 unspecified atom stereocenters. The number of carboxylic acids is 1. The van der Waals surface area contributed by atoms with Crippen LogP contribution in [0, 0.1) is 0 Å². The number of carbonyl (C=O) groups is 3. The lowest BCUT2D eigenvalue weighted by molar-refractivity contribution is -0.160. The highest BCUT2D eigenvalue weighted by atomic mass is 16.6. The summed E-state index contributed by atoms with van der Waals surface area (Å²) in [5.74, 6) is -1.95. The van der Waals surface area contributed by atoms with Gasteiger partial charge in [-0.05, 0) is 33.6 Å². The van der Waals surface area contributed by atoms with Gasteiger partial charge in [0, 0.05) is 0 Å². The molecule has 1 saturated heterocycles. The molecule has 2 atom stereocenters. The Morgan fingerprint density at radius 3 is 2.00 bits per heavy atom. The van der Waals surface area contributed by atoms with Gasteiger partial charge in [0.05, 0.1) is 0 Å². The molecule has 0 spiro atoms. The number of carboxylic acid groups (broad SMARTS) is 2. The molecule has 1 fully saturated rings. The third kappa shape index (κ3) is 3.12. The molecule has 18 heavy (non-hydrogen) atoms. The van der Waals surface area contributed by atoms with Gasteiger partial charge in [0.1, 0.15) is 17.7 Å². The standard InChI is InChI=1S/C11H17NO6/c1-11(2,3)18-9(15)7-5-4-6(8(13)14)12(7)10(16)17/h6-7H,4-5H2,1-3H3,(H,13,14)(H,16,17). The number of nitrogens with zero attached hydrogens (tertiary/aromatic N) is 1. The molecule has 102 valence electrons. The molecule has 1 aliphatic heterocycles. The van der Waals surface area contributed by atoms with Crippen molar-refractivity contribution in [1.29, 1.82) is 0 Å². The minimum absolute atomic E-state index is 0.117. The van der Waals surface area contributed by atoms with Crippen molar-refractivity contribution in [3.8, 4) is 0 Å². The van der Waals surface area contributed by atoms with Crippen LogP contribution >= 0.6 is 0 Å². The fourth-order valence-corrected chi connectivity index (χ4v) is 1.92. The van der Waals surface area contributed by atoms with Gasteiger partial charge in [-0.2, -0.15) is 0 Å². The first-order valence-electron chi connectivity index (χ1n) is 5.60. The van der Waals surface area contributed by atoms with Crippen LogP contribution in [0.3, 0.4) is 0 Å². The molecule has 0 radical (unpaired) electrons. The zero-order valence-corrected chi connectivity index (χ0v) is 10.5. The average Bonchev–Trinajstić information content (AvgIpc) is 2.58. The number of carbonyl (C=O) groups excluding carboxylic acids is 1. The Morgan fingerprint density at radius 2 is 1.61 bits per heavy atom. The second-order valence-corrected chi connectivity index (χ2v) is 5.17. The van der Waals surface area contributed by atoms with E-state index in [1.165, 1.54) is 0 Å². The van der Waals surface area contributed by atoms with E-state index in [0.717, 1.165) is 0 Å². The number of esters is 1. The minimum Gasteiger partial charge on any atom is -0.480 e. The number of rotatable bonds is 2. The number of ether oxygens (including phenoxy) is 1. The highest BCUT2D eigenvalue weighted by Gasteiger charge is 2.46. The van der Waals surface area contributed by atoms with Crippen molar-refractivity contribution in [2.45, 2.75) is 51.3 Å². The van der Waals surface area contributed by atoms with E-state index in [2.05, 4.69) is 0 Å². The molecule has 7 nitrogen and oxygen atoms in total. The van der Waals surface area contributed by atoms with Crippen LogP contribution in [0.1, 0.15) is 33.6 Å². The third-order valence-electron chi connectivity index (χ3n) is 2.57. The second kappa shape index (κ2) is 4.83. The molecule has 1 heterocycles. The number of likely N-dealkylation sites (tertiary alicyclic amines) is 1. The lowest BCUT2D eigenvalue weighted by Crippen LogP contribution is -2.48. The van der Waals surface area contributed by atoms with Crippen LogP contribution < -0.4 is 0 Å². The molecule has 7 heteroatoms. The summed E-state index contributed by atoms with van der Waals surface area (Å²) >= 11 is 0. The summed E-state index contributed by atoms with van der Waals surface area (Å²) in [5, 5.41) is 17.9. The first-order chi connectivity index (χ1) is 8.13. The van der Waals surface area contributed by atoms with Gasteiger partial charge in [0.2, 0.25) is 0 Å². The first kappa shape index (κ1) is 14.3. The third-order valence-corrected chi connectivity index (χ3v) is 2.57. The normalized spacial score (nSPS) is 23.8. The van der Waals surface area contributed by atoms with Crippen LogP contribution in [0.5, 0.6) is 0 Å². The van der Waals surface area contributed by atoms with E-state index >= 15 is 0 Å². The Morgan fingerprint density at radius 1 is 1.11 bits per heavy atom. The van der Waals surface area contributed by atoms with Gasteiger partial charge in [-0.3, -0.25) is 4.90 Å². The molecule has 1 aliphatic rings. The lowest BCUT2D eigenvalue weighted by atomic mass is 10.1. The van der Waals surface area contributed by atoms with E-state index in [9.17, 15) is 14.4 Å². The summed E-state index contributed by atoms with van der Waals surface area (Å²) in [4.78, 5) is 34.5. The number of aliphatic carboxylic acids is 1. The van der Waals surface area contributed by atoms with Crippen LogP contribution in [0.25, 0.3) is 0 Å². The topological polar surface area (TPSA) is 104 Å². The molecule has 2 N–H and O–H groups in total. The van der Waals surface area contributed by atoms with Crippen LogP contribution in [0.15, 0.2) is 0 Å². The van der Waals surface area contributed by atoms with E-state index in [-0.39, 0.29) is 12.8 Å². The van der Waals surface area contributed by atoms with Crippen molar-refractivity contribution >= 4 is 18.0 Å². The Bertz CT molecular complexity index is 372. The van der Waals surface area contributed by atoms with Gasteiger partial charge < -0.3 is 14.9 Å². The van der Waals surface area contributed by atoms with Crippen molar-refractivity contribution in [3.05, 3.63) is 0 Å². The number of amides is 1. The SMILES string of the molecule is CC(C)(C)OC(=O)C1CCC(C(=O)O)N1C(=O)O. The predicted octanol–water partition coefficient (Wildman–Crippen LogP) is 0.924. The van der Waals surface area contributed by atoms with Crippen molar-refractivity contribution in [1.82, 2.24) is 4.90 Å². The summed E-state index contributed by atoms with van der Waals surface area (Å²) in [7, 11) is 0. The monoisotopic (exact) mass is 259 g/mol. The van der Waals surface area contributed by atoms with Crippen molar-refractivity contribution in [3.63, 3.8) is 0 Å². The predicted molar refractivity (Wildman–Crippen MR) is 60.2 cm³/mol. The Labute approximate surface area is 104 Å². The average molecular weight is 259 g/mol. The summed E-state index contributed by atoms with van der Waals surface area (Å²) in [6.07, 6.45) is -1.14. The van der Waals surface area contributed by atoms with Gasteiger partial charge in [-0.15, -0.1) is 0 Å². The zero-order chi connectivity index (χ0) is 14.1. The minimum atomic E-state index is -1.42. The van der Waals surface area contributed by atoms with E-state index in [4.69, 9.17) is 14.9 Å². The summed E-state index contributed by atoms with van der Waals surface area (Å²) < 4.78 is 5.09. The van der Waals surface area contributed by atoms with Gasteiger partial charge in [0.15, 0.2) is 0 Å². The van der Waals surface area contributed by atoms with Gasteiger partial charge in [-0.25, -0.2) is 14.4 Å². The molecular formula is C11H17NO6. The first-order valence-corrected chi connectivity index (χ1v) is 5.60. The van der Waals surface area contributed by atoms with Crippen LogP contribution in [-0.4, -0.2) is 50.8 Å². The zero-order valence-electron chi connectivity index (χ0n) is 10.5. The van der Waals surface area contributed by atoms with Crippen molar-refractivity contribution in [2.24, 2.45) is 0 Å². The number of hydrogen-bond acceptors (Lipinski definition) is 4. The van der Waals surface area contributed by atoms with E-state index in [1.54, 1.807) is 20.8 Å². The van der Waals surface area contributed by atoms with Crippen molar-refractivity contribution in [2.75, 3.05) is 0 Å². The van der Waals surface area contributed by atoms with Gasteiger partial charge in [-0.1, -0.05) is 0 Å². The van der Waals surface area contributed by atoms with Crippen molar-refractivity contribution < 1.29 is 29.3 Å². The van der Waals surface area contributed by atoms with E-state index in [1.807, 2.05) is 0 Å². The highest BCUT2D eigenvalue weighted by molar-refractivity contribution is 5.87. The maximum Gasteiger partial charge on any atom is 0.408 e. The summed E-state index contributed by atoms with van der Waals surface area (Å²) in [6.45, 7) is 5.00.